The number of halogens is 1. The molecule has 1 aliphatic heterocycles. The van der Waals surface area contributed by atoms with E-state index in [0.717, 1.165) is 5.56 Å². The minimum absolute atomic E-state index is 0.0215. The van der Waals surface area contributed by atoms with E-state index in [-0.39, 0.29) is 11.7 Å². The predicted molar refractivity (Wildman–Crippen MR) is 85.4 cm³/mol. The summed E-state index contributed by atoms with van der Waals surface area (Å²) in [4.78, 5) is 16.2. The number of rotatable bonds is 2. The van der Waals surface area contributed by atoms with E-state index in [2.05, 4.69) is 6.92 Å². The lowest BCUT2D eigenvalue weighted by Crippen LogP contribution is -2.49. The molecule has 1 saturated heterocycles. The average Bonchev–Trinajstić information content (AvgIpc) is 2.56. The first-order chi connectivity index (χ1) is 10.6. The fourth-order valence-electron chi connectivity index (χ4n) is 2.69. The van der Waals surface area contributed by atoms with Crippen molar-refractivity contribution in [1.29, 1.82) is 0 Å². The minimum Gasteiger partial charge on any atom is -0.366 e. The highest BCUT2D eigenvalue weighted by atomic mass is 19.1. The summed E-state index contributed by atoms with van der Waals surface area (Å²) < 4.78 is 13.8. The fraction of sp³-hybridized carbons (Fsp3) is 0.222. The molecular formula is C18H18FN2O. The third kappa shape index (κ3) is 2.96. The molecule has 0 aromatic heterocycles. The number of nitrogens with zero attached hydrogens (tertiary/aromatic N) is 2. The first kappa shape index (κ1) is 14.6. The number of carbonyl (C=O) groups excluding carboxylic acids is 1. The minimum atomic E-state index is -0.215. The second-order valence-electron chi connectivity index (χ2n) is 5.43. The van der Waals surface area contributed by atoms with Crippen LogP contribution in [0.1, 0.15) is 15.9 Å². The lowest BCUT2D eigenvalue weighted by Gasteiger charge is -2.36. The van der Waals surface area contributed by atoms with Crippen molar-refractivity contribution in [2.24, 2.45) is 0 Å². The number of para-hydroxylation sites is 1. The third-order valence-corrected chi connectivity index (χ3v) is 3.96. The highest BCUT2D eigenvalue weighted by Crippen LogP contribution is 2.20. The van der Waals surface area contributed by atoms with E-state index in [1.54, 1.807) is 24.3 Å². The van der Waals surface area contributed by atoms with Crippen molar-refractivity contribution in [2.75, 3.05) is 31.1 Å². The molecule has 1 radical (unpaired) electrons. The van der Waals surface area contributed by atoms with Crippen LogP contribution in [0.3, 0.4) is 0 Å². The molecular weight excluding hydrogens is 279 g/mol. The van der Waals surface area contributed by atoms with Crippen LogP contribution >= 0.6 is 0 Å². The molecule has 0 bridgehead atoms. The van der Waals surface area contributed by atoms with Gasteiger partial charge in [0, 0.05) is 31.7 Å². The summed E-state index contributed by atoms with van der Waals surface area (Å²) >= 11 is 0. The van der Waals surface area contributed by atoms with E-state index in [1.807, 2.05) is 28.0 Å². The zero-order chi connectivity index (χ0) is 15.5. The van der Waals surface area contributed by atoms with Crippen LogP contribution in [0.25, 0.3) is 0 Å². The zero-order valence-corrected chi connectivity index (χ0v) is 12.3. The lowest BCUT2D eigenvalue weighted by atomic mass is 10.1. The second kappa shape index (κ2) is 6.18. The number of benzene rings is 2. The molecule has 0 atom stereocenters. The molecule has 1 fully saturated rings. The first-order valence-electron chi connectivity index (χ1n) is 7.36. The van der Waals surface area contributed by atoms with Crippen LogP contribution < -0.4 is 4.90 Å². The number of hydrogen-bond acceptors (Lipinski definition) is 2. The lowest BCUT2D eigenvalue weighted by molar-refractivity contribution is 0.0746. The van der Waals surface area contributed by atoms with Crippen LogP contribution in [0.2, 0.25) is 0 Å². The Morgan fingerprint density at radius 2 is 1.59 bits per heavy atom. The van der Waals surface area contributed by atoms with Crippen LogP contribution in [-0.4, -0.2) is 37.0 Å². The van der Waals surface area contributed by atoms with Crippen LogP contribution in [0.4, 0.5) is 10.1 Å². The molecule has 3 rings (SSSR count). The first-order valence-corrected chi connectivity index (χ1v) is 7.36. The summed E-state index contributed by atoms with van der Waals surface area (Å²) in [5.41, 5.74) is 2.17. The van der Waals surface area contributed by atoms with Gasteiger partial charge in [0.15, 0.2) is 0 Å². The molecule has 0 spiro atoms. The Labute approximate surface area is 130 Å². The number of amides is 1. The molecule has 1 heterocycles. The van der Waals surface area contributed by atoms with E-state index in [4.69, 9.17) is 0 Å². The Bertz CT molecular complexity index is 661. The largest absolute Gasteiger partial charge is 0.366 e. The van der Waals surface area contributed by atoms with Crippen LogP contribution in [0.15, 0.2) is 48.5 Å². The standard InChI is InChI=1S/C18H18FN2O/c1-14-6-8-15(9-7-14)18(22)21-12-10-20(11-13-21)17-5-3-2-4-16(17)19/h2-9H,1,10-13H2. The van der Waals surface area contributed by atoms with Crippen molar-refractivity contribution in [3.8, 4) is 0 Å². The van der Waals surface area contributed by atoms with Gasteiger partial charge in [0.2, 0.25) is 0 Å². The zero-order valence-electron chi connectivity index (χ0n) is 12.3. The molecule has 0 saturated carbocycles. The summed E-state index contributed by atoms with van der Waals surface area (Å²) in [6, 6.07) is 14.0. The number of carbonyl (C=O) groups is 1. The smallest absolute Gasteiger partial charge is 0.253 e. The van der Waals surface area contributed by atoms with E-state index in [1.165, 1.54) is 6.07 Å². The van der Waals surface area contributed by atoms with Crippen molar-refractivity contribution >= 4 is 11.6 Å². The quantitative estimate of drug-likeness (QED) is 0.851. The monoisotopic (exact) mass is 297 g/mol. The van der Waals surface area contributed by atoms with Gasteiger partial charge in [0.1, 0.15) is 5.82 Å². The van der Waals surface area contributed by atoms with Crippen molar-refractivity contribution < 1.29 is 9.18 Å². The van der Waals surface area contributed by atoms with E-state index in [0.29, 0.717) is 37.4 Å². The Balaban J connectivity index is 1.65. The fourth-order valence-corrected chi connectivity index (χ4v) is 2.69. The molecule has 0 unspecified atom stereocenters. The maximum absolute atomic E-state index is 13.8. The highest BCUT2D eigenvalue weighted by Gasteiger charge is 2.23. The topological polar surface area (TPSA) is 23.6 Å². The van der Waals surface area contributed by atoms with Gasteiger partial charge in [-0.05, 0) is 36.8 Å². The number of hydrogen-bond donors (Lipinski definition) is 0. The van der Waals surface area contributed by atoms with Crippen LogP contribution in [-0.2, 0) is 0 Å². The maximum Gasteiger partial charge on any atom is 0.253 e. The highest BCUT2D eigenvalue weighted by molar-refractivity contribution is 5.94. The summed E-state index contributed by atoms with van der Waals surface area (Å²) in [6.45, 7) is 6.29. The van der Waals surface area contributed by atoms with Crippen molar-refractivity contribution in [2.45, 2.75) is 0 Å². The molecule has 2 aromatic carbocycles. The van der Waals surface area contributed by atoms with Gasteiger partial charge < -0.3 is 9.80 Å². The third-order valence-electron chi connectivity index (χ3n) is 3.96. The Morgan fingerprint density at radius 1 is 0.955 bits per heavy atom. The molecule has 1 amide bonds. The molecule has 4 heteroatoms. The van der Waals surface area contributed by atoms with Gasteiger partial charge in [-0.2, -0.15) is 0 Å². The average molecular weight is 297 g/mol. The van der Waals surface area contributed by atoms with E-state index >= 15 is 0 Å². The molecule has 0 aliphatic carbocycles. The van der Waals surface area contributed by atoms with Gasteiger partial charge in [-0.3, -0.25) is 4.79 Å². The van der Waals surface area contributed by atoms with Crippen molar-refractivity contribution in [3.05, 3.63) is 72.4 Å². The normalized spacial score (nSPS) is 15.0. The van der Waals surface area contributed by atoms with Gasteiger partial charge in [0.05, 0.1) is 5.69 Å². The Morgan fingerprint density at radius 3 is 2.23 bits per heavy atom. The predicted octanol–water partition coefficient (Wildman–Crippen LogP) is 2.97. The Hall–Kier alpha value is -2.36. The molecule has 1 aliphatic rings. The molecule has 2 aromatic rings. The summed E-state index contributed by atoms with van der Waals surface area (Å²) in [5.74, 6) is -0.193. The SMILES string of the molecule is [CH2]c1ccc(C(=O)N2CCN(c3ccccc3F)CC2)cc1. The van der Waals surface area contributed by atoms with E-state index < -0.39 is 0 Å². The van der Waals surface area contributed by atoms with Gasteiger partial charge in [-0.1, -0.05) is 24.3 Å². The molecule has 113 valence electrons. The van der Waals surface area contributed by atoms with Gasteiger partial charge in [-0.25, -0.2) is 4.39 Å². The van der Waals surface area contributed by atoms with Gasteiger partial charge in [-0.15, -0.1) is 0 Å². The van der Waals surface area contributed by atoms with Gasteiger partial charge >= 0.3 is 0 Å². The molecule has 3 nitrogen and oxygen atoms in total. The summed E-state index contributed by atoms with van der Waals surface area (Å²) in [6.07, 6.45) is 0. The molecule has 22 heavy (non-hydrogen) atoms. The number of piperazine rings is 1. The number of anilines is 1. The summed E-state index contributed by atoms with van der Waals surface area (Å²) in [7, 11) is 0. The van der Waals surface area contributed by atoms with Crippen LogP contribution in [0, 0.1) is 12.7 Å². The second-order valence-corrected chi connectivity index (χ2v) is 5.43. The van der Waals surface area contributed by atoms with Gasteiger partial charge in [0.25, 0.3) is 5.91 Å². The van der Waals surface area contributed by atoms with E-state index in [9.17, 15) is 9.18 Å². The van der Waals surface area contributed by atoms with Crippen molar-refractivity contribution in [3.63, 3.8) is 0 Å². The van der Waals surface area contributed by atoms with Crippen LogP contribution in [0.5, 0.6) is 0 Å². The van der Waals surface area contributed by atoms with Crippen molar-refractivity contribution in [1.82, 2.24) is 4.90 Å². The Kier molecular flexibility index (Phi) is 4.09. The molecule has 0 N–H and O–H groups in total. The summed E-state index contributed by atoms with van der Waals surface area (Å²) in [5, 5.41) is 0. The maximum atomic E-state index is 13.8.